The summed E-state index contributed by atoms with van der Waals surface area (Å²) >= 11 is 5.97. The zero-order chi connectivity index (χ0) is 16.0. The predicted octanol–water partition coefficient (Wildman–Crippen LogP) is 3.49. The highest BCUT2D eigenvalue weighted by Gasteiger charge is 2.29. The molecule has 3 aromatic rings. The number of rotatable bonds is 1. The van der Waals surface area contributed by atoms with Crippen LogP contribution in [0.3, 0.4) is 0 Å². The number of carbonyl (C=O) groups excluding carboxylic acids is 1. The molecular weight excluding hydrogens is 312 g/mol. The summed E-state index contributed by atoms with van der Waals surface area (Å²) in [6, 6.07) is 8.96. The Kier molecular flexibility index (Phi) is 3.27. The first-order valence-corrected chi connectivity index (χ1v) is 7.79. The lowest BCUT2D eigenvalue weighted by Crippen LogP contribution is -2.27. The van der Waals surface area contributed by atoms with Crippen molar-refractivity contribution in [1.82, 2.24) is 9.97 Å². The summed E-state index contributed by atoms with van der Waals surface area (Å²) in [5, 5.41) is 0.952. The van der Waals surface area contributed by atoms with Crippen molar-refractivity contribution in [2.45, 2.75) is 18.8 Å². The van der Waals surface area contributed by atoms with Crippen LogP contribution >= 0.6 is 11.6 Å². The molecule has 2 heterocycles. The number of nitrogens with one attached hydrogen (secondary N) is 1. The first-order valence-electron chi connectivity index (χ1n) is 7.41. The first-order chi connectivity index (χ1) is 11.1. The standard InChI is InChI=1S/C18H13ClN2O2/c19-12-1-2-14-13(9-12)18(23)17-15(21-14)7-11(8-16(17)22)10-3-5-20-6-4-10/h1-6,9,11H,7-8H2,(H,21,23). The van der Waals surface area contributed by atoms with Crippen LogP contribution in [-0.2, 0) is 6.42 Å². The molecule has 1 aromatic carbocycles. The van der Waals surface area contributed by atoms with E-state index in [9.17, 15) is 9.59 Å². The second-order valence-corrected chi connectivity index (χ2v) is 6.24. The van der Waals surface area contributed by atoms with Gasteiger partial charge in [-0.25, -0.2) is 0 Å². The Labute approximate surface area is 137 Å². The molecule has 5 heteroatoms. The molecule has 1 N–H and O–H groups in total. The minimum atomic E-state index is -0.227. The molecule has 0 spiro atoms. The van der Waals surface area contributed by atoms with Gasteiger partial charge in [-0.1, -0.05) is 11.6 Å². The van der Waals surface area contributed by atoms with Crippen molar-refractivity contribution in [2.75, 3.05) is 0 Å². The van der Waals surface area contributed by atoms with Gasteiger partial charge in [0.05, 0.1) is 5.56 Å². The highest BCUT2D eigenvalue weighted by Crippen LogP contribution is 2.31. The molecule has 1 aliphatic rings. The number of nitrogens with zero attached hydrogens (tertiary/aromatic N) is 1. The van der Waals surface area contributed by atoms with Crippen LogP contribution in [0.5, 0.6) is 0 Å². The smallest absolute Gasteiger partial charge is 0.200 e. The Bertz CT molecular complexity index is 979. The monoisotopic (exact) mass is 324 g/mol. The number of carbonyl (C=O) groups is 1. The van der Waals surface area contributed by atoms with Crippen LogP contribution in [-0.4, -0.2) is 15.8 Å². The summed E-state index contributed by atoms with van der Waals surface area (Å²) < 4.78 is 0. The molecule has 1 atom stereocenters. The summed E-state index contributed by atoms with van der Waals surface area (Å²) in [4.78, 5) is 32.5. The number of halogens is 1. The minimum Gasteiger partial charge on any atom is -0.358 e. The van der Waals surface area contributed by atoms with E-state index in [1.165, 1.54) is 0 Å². The molecule has 0 fully saturated rings. The second-order valence-electron chi connectivity index (χ2n) is 5.81. The van der Waals surface area contributed by atoms with Gasteiger partial charge < -0.3 is 4.98 Å². The van der Waals surface area contributed by atoms with Crippen molar-refractivity contribution in [2.24, 2.45) is 0 Å². The molecule has 0 aliphatic heterocycles. The van der Waals surface area contributed by atoms with Crippen molar-refractivity contribution in [3.63, 3.8) is 0 Å². The van der Waals surface area contributed by atoms with Crippen LogP contribution in [0.25, 0.3) is 10.9 Å². The summed E-state index contributed by atoms with van der Waals surface area (Å²) in [5.41, 5.74) is 2.54. The largest absolute Gasteiger partial charge is 0.358 e. The quantitative estimate of drug-likeness (QED) is 0.745. The van der Waals surface area contributed by atoms with E-state index in [-0.39, 0.29) is 22.7 Å². The Morgan fingerprint density at radius 2 is 1.87 bits per heavy atom. The molecule has 0 amide bonds. The van der Waals surface area contributed by atoms with Gasteiger partial charge in [-0.15, -0.1) is 0 Å². The molecular formula is C18H13ClN2O2. The van der Waals surface area contributed by atoms with E-state index >= 15 is 0 Å². The zero-order valence-electron chi connectivity index (χ0n) is 12.2. The molecule has 114 valence electrons. The van der Waals surface area contributed by atoms with E-state index in [4.69, 9.17) is 11.6 Å². The summed E-state index contributed by atoms with van der Waals surface area (Å²) in [6.45, 7) is 0. The molecule has 0 bridgehead atoms. The summed E-state index contributed by atoms with van der Waals surface area (Å²) in [7, 11) is 0. The highest BCUT2D eigenvalue weighted by atomic mass is 35.5. The number of H-pyrrole nitrogens is 1. The van der Waals surface area contributed by atoms with Crippen LogP contribution in [0, 0.1) is 0 Å². The van der Waals surface area contributed by atoms with Crippen molar-refractivity contribution in [3.8, 4) is 0 Å². The van der Waals surface area contributed by atoms with Crippen LogP contribution in [0.1, 0.15) is 34.0 Å². The average Bonchev–Trinajstić information content (AvgIpc) is 2.56. The lowest BCUT2D eigenvalue weighted by Gasteiger charge is -2.23. The van der Waals surface area contributed by atoms with Crippen molar-refractivity contribution < 1.29 is 4.79 Å². The summed E-state index contributed by atoms with van der Waals surface area (Å²) in [5.74, 6) is -0.0467. The molecule has 0 saturated carbocycles. The number of aromatic amines is 1. The van der Waals surface area contributed by atoms with Crippen LogP contribution < -0.4 is 5.43 Å². The second kappa shape index (κ2) is 5.32. The maximum Gasteiger partial charge on any atom is 0.200 e. The van der Waals surface area contributed by atoms with Crippen molar-refractivity contribution >= 4 is 28.3 Å². The normalized spacial score (nSPS) is 17.3. The third-order valence-electron chi connectivity index (χ3n) is 4.38. The number of Topliss-reactive ketones (excluding diaryl/α,β-unsaturated/α-hetero) is 1. The van der Waals surface area contributed by atoms with Crippen molar-refractivity contribution in [3.05, 3.63) is 74.8 Å². The van der Waals surface area contributed by atoms with Gasteiger partial charge in [0.2, 0.25) is 5.43 Å². The average molecular weight is 325 g/mol. The van der Waals surface area contributed by atoms with Gasteiger partial charge in [-0.2, -0.15) is 0 Å². The van der Waals surface area contributed by atoms with E-state index < -0.39 is 0 Å². The minimum absolute atomic E-state index is 0.0680. The Morgan fingerprint density at radius 1 is 1.09 bits per heavy atom. The Balaban J connectivity index is 1.88. The SMILES string of the molecule is O=C1CC(c2ccncc2)Cc2[nH]c3ccc(Cl)cc3c(=O)c21. The maximum atomic E-state index is 12.7. The molecule has 23 heavy (non-hydrogen) atoms. The topological polar surface area (TPSA) is 62.8 Å². The van der Waals surface area contributed by atoms with E-state index in [1.54, 1.807) is 30.6 Å². The number of pyridine rings is 2. The number of hydrogen-bond donors (Lipinski definition) is 1. The van der Waals surface area contributed by atoms with Gasteiger partial charge in [0.1, 0.15) is 0 Å². The molecule has 1 unspecified atom stereocenters. The lowest BCUT2D eigenvalue weighted by atomic mass is 9.81. The Morgan fingerprint density at radius 3 is 2.65 bits per heavy atom. The fourth-order valence-corrected chi connectivity index (χ4v) is 3.45. The summed E-state index contributed by atoms with van der Waals surface area (Å²) in [6.07, 6.45) is 4.42. The number of aromatic nitrogens is 2. The predicted molar refractivity (Wildman–Crippen MR) is 89.2 cm³/mol. The maximum absolute atomic E-state index is 12.7. The molecule has 0 radical (unpaired) electrons. The Hall–Kier alpha value is -2.46. The van der Waals surface area contributed by atoms with Gasteiger partial charge in [0.15, 0.2) is 5.78 Å². The van der Waals surface area contributed by atoms with Gasteiger partial charge >= 0.3 is 0 Å². The van der Waals surface area contributed by atoms with Gasteiger partial charge in [-0.05, 0) is 48.2 Å². The fourth-order valence-electron chi connectivity index (χ4n) is 3.27. The number of ketones is 1. The van der Waals surface area contributed by atoms with Crippen LogP contribution in [0.4, 0.5) is 0 Å². The fraction of sp³-hybridized carbons (Fsp3) is 0.167. The third kappa shape index (κ3) is 2.35. The zero-order valence-corrected chi connectivity index (χ0v) is 12.9. The third-order valence-corrected chi connectivity index (χ3v) is 4.61. The van der Waals surface area contributed by atoms with Gasteiger partial charge in [-0.3, -0.25) is 14.6 Å². The molecule has 4 rings (SSSR count). The molecule has 4 nitrogen and oxygen atoms in total. The highest BCUT2D eigenvalue weighted by molar-refractivity contribution is 6.31. The van der Waals surface area contributed by atoms with E-state index in [0.29, 0.717) is 34.5 Å². The molecule has 1 aliphatic carbocycles. The lowest BCUT2D eigenvalue weighted by molar-refractivity contribution is 0.0962. The van der Waals surface area contributed by atoms with Crippen molar-refractivity contribution in [1.29, 1.82) is 0 Å². The van der Waals surface area contributed by atoms with Crippen LogP contribution in [0.2, 0.25) is 5.02 Å². The van der Waals surface area contributed by atoms with E-state index in [2.05, 4.69) is 9.97 Å². The number of benzene rings is 1. The molecule has 0 saturated heterocycles. The van der Waals surface area contributed by atoms with E-state index in [0.717, 1.165) is 5.56 Å². The van der Waals surface area contributed by atoms with E-state index in [1.807, 2.05) is 12.1 Å². The molecule has 2 aromatic heterocycles. The number of hydrogen-bond acceptors (Lipinski definition) is 3. The van der Waals surface area contributed by atoms with Gasteiger partial charge in [0.25, 0.3) is 0 Å². The number of fused-ring (bicyclic) bond motifs is 2. The van der Waals surface area contributed by atoms with Crippen LogP contribution in [0.15, 0.2) is 47.5 Å². The van der Waals surface area contributed by atoms with Gasteiger partial charge in [0, 0.05) is 40.4 Å². The first kappa shape index (κ1) is 14.2.